The third-order valence-corrected chi connectivity index (χ3v) is 19.2. The Kier molecular flexibility index (Phi) is 5.61. The minimum atomic E-state index is -2.02. The molecule has 0 saturated carbocycles. The van der Waals surface area contributed by atoms with Crippen LogP contribution < -0.4 is 0 Å². The molecule has 3 atom stereocenters. The van der Waals surface area contributed by atoms with E-state index in [1.165, 1.54) is 30.7 Å². The zero-order valence-corrected chi connectivity index (χ0v) is 21.9. The molecule has 2 aromatic heterocycles. The molecule has 2 aromatic carbocycles. The van der Waals surface area contributed by atoms with Gasteiger partial charge in [-0.25, -0.2) is 0 Å². The van der Waals surface area contributed by atoms with Gasteiger partial charge >= 0.3 is 0 Å². The van der Waals surface area contributed by atoms with Crippen molar-refractivity contribution in [3.8, 4) is 0 Å². The molecule has 3 unspecified atom stereocenters. The first-order chi connectivity index (χ1) is 15.7. The van der Waals surface area contributed by atoms with Gasteiger partial charge < -0.3 is 0 Å². The number of hydrogen-bond donors (Lipinski definition) is 0. The zero-order valence-electron chi connectivity index (χ0n) is 17.0. The maximum Gasteiger partial charge on any atom is 0.0812 e. The highest BCUT2D eigenvalue weighted by molar-refractivity contribution is 9.04. The molecule has 0 N–H and O–H groups in total. The second-order valence-electron chi connectivity index (χ2n) is 7.75. The first kappa shape index (κ1) is 21.2. The maximum absolute atomic E-state index is 6.77. The lowest BCUT2D eigenvalue weighted by atomic mass is 9.79. The van der Waals surface area contributed by atoms with Gasteiger partial charge in [0.2, 0.25) is 0 Å². The number of hydrogen-bond acceptors (Lipinski definition) is 5. The number of benzene rings is 2. The van der Waals surface area contributed by atoms with Crippen molar-refractivity contribution in [1.82, 2.24) is 0 Å². The minimum Gasteiger partial charge on any atom is -0.143 e. The Morgan fingerprint density at radius 1 is 0.688 bits per heavy atom. The van der Waals surface area contributed by atoms with E-state index in [0.29, 0.717) is 0 Å². The van der Waals surface area contributed by atoms with E-state index in [4.69, 9.17) is 11.8 Å². The van der Waals surface area contributed by atoms with Crippen LogP contribution in [0.3, 0.4) is 0 Å². The van der Waals surface area contributed by atoms with E-state index in [9.17, 15) is 0 Å². The largest absolute Gasteiger partial charge is 0.143 e. The van der Waals surface area contributed by atoms with Crippen molar-refractivity contribution in [2.75, 3.05) is 0 Å². The smallest absolute Gasteiger partial charge is 0.0812 e. The summed E-state index contributed by atoms with van der Waals surface area (Å²) in [6, 6.07) is 30.7. The van der Waals surface area contributed by atoms with Gasteiger partial charge in [0.15, 0.2) is 0 Å². The zero-order chi connectivity index (χ0) is 21.6. The van der Waals surface area contributed by atoms with Crippen LogP contribution in [0.2, 0.25) is 0 Å². The van der Waals surface area contributed by atoms with Crippen LogP contribution in [0, 0.1) is 0 Å². The van der Waals surface area contributed by atoms with Crippen LogP contribution in [0.4, 0.5) is 0 Å². The first-order valence-electron chi connectivity index (χ1n) is 10.3. The number of thiophene rings is 2. The third kappa shape index (κ3) is 3.37. The fourth-order valence-corrected chi connectivity index (χ4v) is 18.9. The Labute approximate surface area is 210 Å². The summed E-state index contributed by atoms with van der Waals surface area (Å²) in [6.45, 7) is 0. The predicted octanol–water partition coefficient (Wildman–Crippen LogP) is 9.67. The molecule has 0 bridgehead atoms. The Morgan fingerprint density at radius 2 is 1.28 bits per heavy atom. The van der Waals surface area contributed by atoms with Crippen LogP contribution in [0.1, 0.15) is 26.8 Å². The lowest BCUT2D eigenvalue weighted by Crippen LogP contribution is -2.29. The highest BCUT2D eigenvalue weighted by Crippen LogP contribution is 2.92. The average Bonchev–Trinajstić information content (AvgIpc) is 3.59. The van der Waals surface area contributed by atoms with Gasteiger partial charge in [-0.1, -0.05) is 120 Å². The van der Waals surface area contributed by atoms with Gasteiger partial charge in [0.05, 0.1) is 9.60 Å². The van der Waals surface area contributed by atoms with E-state index >= 15 is 0 Å². The van der Waals surface area contributed by atoms with Crippen molar-refractivity contribution in [2.24, 2.45) is 0 Å². The third-order valence-electron chi connectivity index (χ3n) is 5.96. The molecule has 6 heteroatoms. The quantitative estimate of drug-likeness (QED) is 0.245. The number of fused-ring (bicyclic) bond motifs is 1. The maximum atomic E-state index is 6.77. The van der Waals surface area contributed by atoms with Crippen molar-refractivity contribution in [1.29, 1.82) is 0 Å². The van der Waals surface area contributed by atoms with Gasteiger partial charge in [-0.05, 0) is 34.0 Å². The summed E-state index contributed by atoms with van der Waals surface area (Å²) in [4.78, 5) is 5.35. The lowest BCUT2D eigenvalue weighted by molar-refractivity contribution is 0.677. The molecule has 4 aromatic rings. The van der Waals surface area contributed by atoms with Crippen molar-refractivity contribution < 1.29 is 0 Å². The average molecular weight is 523 g/mol. The molecule has 0 radical (unpaired) electrons. The Balaban J connectivity index is 1.65. The standard InChI is InChI=1S/C26H19PS5/c28-27-26(20-11-5-2-6-12-20,18-25(32-27)23-14-8-16-30-23)21(19-9-3-1-4-10-19)17-24(31-27)22-13-7-15-29-22/h1-18,21H. The summed E-state index contributed by atoms with van der Waals surface area (Å²) in [5.74, 6) is 0.195. The molecular weight excluding hydrogens is 504 g/mol. The Bertz CT molecular complexity index is 1310. The molecule has 0 spiro atoms. The summed E-state index contributed by atoms with van der Waals surface area (Å²) in [5.41, 5.74) is 2.68. The van der Waals surface area contributed by atoms with E-state index < -0.39 is 4.44 Å². The van der Waals surface area contributed by atoms with E-state index in [1.54, 1.807) is 0 Å². The molecule has 32 heavy (non-hydrogen) atoms. The van der Waals surface area contributed by atoms with Crippen molar-refractivity contribution in [3.63, 3.8) is 0 Å². The van der Waals surface area contributed by atoms with E-state index in [-0.39, 0.29) is 11.1 Å². The molecule has 0 saturated heterocycles. The summed E-state index contributed by atoms with van der Waals surface area (Å²) >= 11 is 14.3. The van der Waals surface area contributed by atoms with E-state index in [1.807, 2.05) is 45.4 Å². The van der Waals surface area contributed by atoms with Crippen molar-refractivity contribution in [2.45, 2.75) is 11.1 Å². The van der Waals surface area contributed by atoms with Gasteiger partial charge in [-0.3, -0.25) is 0 Å². The second-order valence-corrected chi connectivity index (χ2v) is 20.7. The van der Waals surface area contributed by atoms with Gasteiger partial charge in [-0.2, -0.15) is 0 Å². The second kappa shape index (κ2) is 8.47. The first-order valence-corrected chi connectivity index (χ1v) is 17.7. The normalized spacial score (nSPS) is 26.9. The van der Waals surface area contributed by atoms with Crippen molar-refractivity contribution in [3.05, 3.63) is 129 Å². The highest BCUT2D eigenvalue weighted by Gasteiger charge is 2.57. The summed E-state index contributed by atoms with van der Waals surface area (Å²) in [5, 5.41) is 4.11. The Morgan fingerprint density at radius 3 is 1.91 bits per heavy atom. The molecule has 6 rings (SSSR count). The SMILES string of the molecule is S=P12SC(c3cccs3)=CC(c3ccccc3)C1(c1ccccc1)C=C(c1cccs1)S2. The number of rotatable bonds is 4. The van der Waals surface area contributed by atoms with Crippen LogP contribution in [0.25, 0.3) is 9.81 Å². The van der Waals surface area contributed by atoms with Gasteiger partial charge in [0.1, 0.15) is 0 Å². The van der Waals surface area contributed by atoms with Crippen LogP contribution in [0.5, 0.6) is 0 Å². The topological polar surface area (TPSA) is 0 Å². The summed E-state index contributed by atoms with van der Waals surface area (Å²) in [6.07, 6.45) is 5.03. The highest BCUT2D eigenvalue weighted by atomic mass is 33.2. The predicted molar refractivity (Wildman–Crippen MR) is 151 cm³/mol. The Hall–Kier alpha value is -1.33. The fourth-order valence-electron chi connectivity index (χ4n) is 4.52. The fraction of sp³-hybridized carbons (Fsp3) is 0.0769. The minimum absolute atomic E-state index is 0.195. The monoisotopic (exact) mass is 522 g/mol. The molecule has 0 fully saturated rings. The van der Waals surface area contributed by atoms with Gasteiger partial charge in [-0.15, -0.1) is 22.7 Å². The van der Waals surface area contributed by atoms with Crippen LogP contribution >= 0.6 is 49.9 Å². The number of allylic oxidation sites excluding steroid dienone is 2. The molecule has 0 amide bonds. The molecule has 158 valence electrons. The van der Waals surface area contributed by atoms with Crippen LogP contribution in [-0.4, -0.2) is 0 Å². The molecule has 0 nitrogen and oxygen atoms in total. The molecule has 4 heterocycles. The molecule has 2 aliphatic heterocycles. The van der Waals surface area contributed by atoms with Crippen molar-refractivity contribution >= 4 is 71.5 Å². The lowest BCUT2D eigenvalue weighted by Gasteiger charge is -2.45. The van der Waals surface area contributed by atoms with E-state index in [0.717, 1.165) is 0 Å². The van der Waals surface area contributed by atoms with Crippen LogP contribution in [-0.2, 0) is 17.0 Å². The summed E-state index contributed by atoms with van der Waals surface area (Å²) in [7, 11) is 0. The van der Waals surface area contributed by atoms with Gasteiger partial charge in [0.25, 0.3) is 0 Å². The molecular formula is C26H19PS5. The molecule has 2 aliphatic rings. The molecule has 0 aliphatic carbocycles. The van der Waals surface area contributed by atoms with E-state index in [2.05, 4.69) is 108 Å². The van der Waals surface area contributed by atoms with Crippen LogP contribution in [0.15, 0.2) is 108 Å². The van der Waals surface area contributed by atoms with Gasteiger partial charge in [0, 0.05) is 25.5 Å². The summed E-state index contributed by atoms with van der Waals surface area (Å²) < 4.78 is -2.02.